The number of hydrogen-bond acceptors (Lipinski definition) is 6. The Hall–Kier alpha value is -3.70. The molecule has 0 saturated carbocycles. The second-order valence-electron chi connectivity index (χ2n) is 8.72. The van der Waals surface area contributed by atoms with E-state index in [9.17, 15) is 22.8 Å². The number of rotatable bonds is 5. The third kappa shape index (κ3) is 3.96. The molecule has 0 aliphatic carbocycles. The predicted octanol–water partition coefficient (Wildman–Crippen LogP) is 1.73. The van der Waals surface area contributed by atoms with Gasteiger partial charge >= 0.3 is 6.03 Å². The van der Waals surface area contributed by atoms with Gasteiger partial charge in [0.25, 0.3) is 5.91 Å². The average molecular weight is 497 g/mol. The van der Waals surface area contributed by atoms with Crippen molar-refractivity contribution < 1.29 is 27.2 Å². The number of fused-ring (bicyclic) bond motifs is 1. The molecule has 2 fully saturated rings. The van der Waals surface area contributed by atoms with Crippen molar-refractivity contribution in [1.82, 2.24) is 19.4 Å². The average Bonchev–Trinajstić information content (AvgIpc) is 3.48. The fourth-order valence-electron chi connectivity index (χ4n) is 4.46. The highest BCUT2D eigenvalue weighted by Crippen LogP contribution is 2.29. The normalized spacial score (nSPS) is 21.5. The Bertz CT molecular complexity index is 1410. The predicted molar refractivity (Wildman–Crippen MR) is 126 cm³/mol. The van der Waals surface area contributed by atoms with Crippen molar-refractivity contribution in [1.29, 1.82) is 0 Å². The number of piperazine rings is 1. The summed E-state index contributed by atoms with van der Waals surface area (Å²) in [6.45, 7) is 1.64. The van der Waals surface area contributed by atoms with Gasteiger partial charge in [0.15, 0.2) is 5.54 Å². The zero-order chi connectivity index (χ0) is 24.8. The standard InChI is InChI=1S/C24H24N4O6S/c1-24(20-7-4-14-34-20)22(30)28(23(31)25-24)16-21(29)26-10-12-27(13-11-26)35(32,33)19-9-8-17-5-2-3-6-18(17)15-19/h2-9,14-15H,10-13,16H2,1H3,(H,25,31)/t24-/m1/s1. The summed E-state index contributed by atoms with van der Waals surface area (Å²) < 4.78 is 33.0. The van der Waals surface area contributed by atoms with Crippen LogP contribution in [-0.4, -0.2) is 73.1 Å². The Morgan fingerprint density at radius 3 is 2.40 bits per heavy atom. The number of nitrogens with one attached hydrogen (secondary N) is 1. The minimum atomic E-state index is -3.73. The third-order valence-corrected chi connectivity index (χ3v) is 8.43. The number of urea groups is 1. The Balaban J connectivity index is 1.23. The zero-order valence-corrected chi connectivity index (χ0v) is 19.8. The highest BCUT2D eigenvalue weighted by atomic mass is 32.2. The van der Waals surface area contributed by atoms with E-state index in [1.54, 1.807) is 30.3 Å². The van der Waals surface area contributed by atoms with Crippen molar-refractivity contribution in [3.8, 4) is 0 Å². The van der Waals surface area contributed by atoms with Gasteiger partial charge in [0, 0.05) is 26.2 Å². The molecule has 2 aliphatic heterocycles. The van der Waals surface area contributed by atoms with E-state index in [-0.39, 0.29) is 36.8 Å². The van der Waals surface area contributed by atoms with Crippen molar-refractivity contribution in [2.45, 2.75) is 17.4 Å². The first kappa shape index (κ1) is 23.1. The molecule has 10 nitrogen and oxygen atoms in total. The van der Waals surface area contributed by atoms with Crippen LogP contribution < -0.4 is 5.32 Å². The molecule has 182 valence electrons. The number of furan rings is 1. The molecule has 11 heteroatoms. The number of benzene rings is 2. The Morgan fingerprint density at radius 2 is 1.71 bits per heavy atom. The van der Waals surface area contributed by atoms with Crippen molar-refractivity contribution in [3.05, 3.63) is 66.6 Å². The molecule has 1 N–H and O–H groups in total. The lowest BCUT2D eigenvalue weighted by atomic mass is 9.99. The number of sulfonamides is 1. The topological polar surface area (TPSA) is 120 Å². The summed E-state index contributed by atoms with van der Waals surface area (Å²) >= 11 is 0. The molecule has 2 aromatic carbocycles. The van der Waals surface area contributed by atoms with Crippen LogP contribution in [0.1, 0.15) is 12.7 Å². The summed E-state index contributed by atoms with van der Waals surface area (Å²) in [6, 6.07) is 15.0. The number of nitrogens with zero attached hydrogens (tertiary/aromatic N) is 3. The molecular formula is C24H24N4O6S. The SMILES string of the molecule is C[C@]1(c2ccco2)NC(=O)N(CC(=O)N2CCN(S(=O)(=O)c3ccc4ccccc4c3)CC2)C1=O. The number of carbonyl (C=O) groups is 3. The highest BCUT2D eigenvalue weighted by Gasteiger charge is 2.51. The number of hydrogen-bond donors (Lipinski definition) is 1. The molecule has 0 unspecified atom stereocenters. The molecule has 0 bridgehead atoms. The van der Waals surface area contributed by atoms with E-state index in [4.69, 9.17) is 4.42 Å². The molecule has 3 heterocycles. The maximum Gasteiger partial charge on any atom is 0.325 e. The van der Waals surface area contributed by atoms with E-state index in [2.05, 4.69) is 5.32 Å². The number of carbonyl (C=O) groups excluding carboxylic acids is 3. The van der Waals surface area contributed by atoms with Crippen LogP contribution in [-0.2, 0) is 25.2 Å². The minimum absolute atomic E-state index is 0.116. The lowest BCUT2D eigenvalue weighted by Gasteiger charge is -2.34. The molecule has 1 atom stereocenters. The highest BCUT2D eigenvalue weighted by molar-refractivity contribution is 7.89. The largest absolute Gasteiger partial charge is 0.466 e. The van der Waals surface area contributed by atoms with Crippen LogP contribution in [0.3, 0.4) is 0 Å². The van der Waals surface area contributed by atoms with E-state index < -0.39 is 40.0 Å². The van der Waals surface area contributed by atoms with E-state index in [0.29, 0.717) is 0 Å². The maximum atomic E-state index is 13.2. The first-order valence-corrected chi connectivity index (χ1v) is 12.6. The smallest absolute Gasteiger partial charge is 0.325 e. The van der Waals surface area contributed by atoms with E-state index >= 15 is 0 Å². The maximum absolute atomic E-state index is 13.2. The molecule has 5 rings (SSSR count). The van der Waals surface area contributed by atoms with Crippen LogP contribution in [0.4, 0.5) is 4.79 Å². The summed E-state index contributed by atoms with van der Waals surface area (Å²) in [4.78, 5) is 40.8. The molecule has 0 spiro atoms. The van der Waals surface area contributed by atoms with Gasteiger partial charge < -0.3 is 14.6 Å². The van der Waals surface area contributed by atoms with Crippen molar-refractivity contribution >= 4 is 38.6 Å². The van der Waals surface area contributed by atoms with Crippen molar-refractivity contribution in [3.63, 3.8) is 0 Å². The summed E-state index contributed by atoms with van der Waals surface area (Å²) in [5, 5.41) is 4.36. The molecule has 2 aliphatic rings. The zero-order valence-electron chi connectivity index (χ0n) is 19.0. The lowest BCUT2D eigenvalue weighted by molar-refractivity contribution is -0.139. The van der Waals surface area contributed by atoms with Crippen LogP contribution >= 0.6 is 0 Å². The fourth-order valence-corrected chi connectivity index (χ4v) is 5.92. The second kappa shape index (κ2) is 8.51. The molecular weight excluding hydrogens is 472 g/mol. The third-order valence-electron chi connectivity index (χ3n) is 6.53. The van der Waals surface area contributed by atoms with Crippen LogP contribution in [0.25, 0.3) is 10.8 Å². The van der Waals surface area contributed by atoms with Crippen LogP contribution in [0.5, 0.6) is 0 Å². The number of amides is 4. The van der Waals surface area contributed by atoms with Gasteiger partial charge in [-0.05, 0) is 42.0 Å². The van der Waals surface area contributed by atoms with Gasteiger partial charge in [0.2, 0.25) is 15.9 Å². The molecule has 4 amide bonds. The van der Waals surface area contributed by atoms with Crippen LogP contribution in [0.2, 0.25) is 0 Å². The van der Waals surface area contributed by atoms with Gasteiger partial charge in [-0.25, -0.2) is 13.2 Å². The van der Waals surface area contributed by atoms with Gasteiger partial charge in [0.05, 0.1) is 11.2 Å². The summed E-state index contributed by atoms with van der Waals surface area (Å²) in [7, 11) is -3.73. The molecule has 1 aromatic heterocycles. The van der Waals surface area contributed by atoms with Gasteiger partial charge in [0.1, 0.15) is 12.3 Å². The van der Waals surface area contributed by atoms with E-state index in [1.807, 2.05) is 24.3 Å². The van der Waals surface area contributed by atoms with Crippen LogP contribution in [0.15, 0.2) is 70.2 Å². The molecule has 3 aromatic rings. The first-order valence-electron chi connectivity index (χ1n) is 11.1. The summed E-state index contributed by atoms with van der Waals surface area (Å²) in [5.74, 6) is -0.735. The monoisotopic (exact) mass is 496 g/mol. The van der Waals surface area contributed by atoms with E-state index in [1.165, 1.54) is 22.4 Å². The molecule has 0 radical (unpaired) electrons. The molecule has 2 saturated heterocycles. The Kier molecular flexibility index (Phi) is 5.60. The second-order valence-corrected chi connectivity index (χ2v) is 10.7. The Labute approximate surface area is 202 Å². The van der Waals surface area contributed by atoms with Gasteiger partial charge in [-0.2, -0.15) is 4.31 Å². The quantitative estimate of drug-likeness (QED) is 0.537. The molecule has 35 heavy (non-hydrogen) atoms. The van der Waals surface area contributed by atoms with Crippen LogP contribution in [0, 0.1) is 0 Å². The van der Waals surface area contributed by atoms with Gasteiger partial charge in [-0.1, -0.05) is 30.3 Å². The first-order chi connectivity index (χ1) is 16.7. The summed E-state index contributed by atoms with van der Waals surface area (Å²) in [5.41, 5.74) is -1.38. The van der Waals surface area contributed by atoms with E-state index in [0.717, 1.165) is 15.7 Å². The lowest BCUT2D eigenvalue weighted by Crippen LogP contribution is -2.53. The Morgan fingerprint density at radius 1 is 1.00 bits per heavy atom. The summed E-state index contributed by atoms with van der Waals surface area (Å²) in [6.07, 6.45) is 1.40. The van der Waals surface area contributed by atoms with Crippen molar-refractivity contribution in [2.75, 3.05) is 32.7 Å². The number of imide groups is 1. The van der Waals surface area contributed by atoms with Gasteiger partial charge in [-0.15, -0.1) is 0 Å². The fraction of sp³-hybridized carbons (Fsp3) is 0.292. The minimum Gasteiger partial charge on any atom is -0.466 e. The van der Waals surface area contributed by atoms with Gasteiger partial charge in [-0.3, -0.25) is 14.5 Å². The van der Waals surface area contributed by atoms with Crippen molar-refractivity contribution in [2.24, 2.45) is 0 Å².